The van der Waals surface area contributed by atoms with E-state index in [1.807, 2.05) is 0 Å². The molecule has 0 saturated carbocycles. The summed E-state index contributed by atoms with van der Waals surface area (Å²) in [6.07, 6.45) is 3.21. The van der Waals surface area contributed by atoms with Crippen molar-refractivity contribution in [3.63, 3.8) is 0 Å². The van der Waals surface area contributed by atoms with Crippen LogP contribution in [0.5, 0.6) is 5.88 Å². The molecule has 212 valence electrons. The normalized spacial score (nSPS) is 20.8. The molecule has 14 heteroatoms. The molecule has 1 aliphatic heterocycles. The molecule has 0 radical (unpaired) electrons. The van der Waals surface area contributed by atoms with E-state index in [1.165, 1.54) is 17.2 Å². The number of H-pyrrole nitrogens is 2. The third-order valence-electron chi connectivity index (χ3n) is 7.02. The number of aliphatic hydroxyl groups is 2. The molecule has 1 aromatic carbocycles. The van der Waals surface area contributed by atoms with Gasteiger partial charge in [0.2, 0.25) is 11.8 Å². The maximum absolute atomic E-state index is 12.3. The number of carbonyl (C=O) groups excluding carboxylic acids is 2. The van der Waals surface area contributed by atoms with Crippen molar-refractivity contribution >= 4 is 39.4 Å². The van der Waals surface area contributed by atoms with Crippen LogP contribution in [0.15, 0.2) is 41.8 Å². The molecule has 1 aliphatic rings. The molecule has 1 saturated heterocycles. The number of benzene rings is 1. The molecule has 4 heterocycles. The van der Waals surface area contributed by atoms with Crippen molar-refractivity contribution < 1.29 is 29.6 Å². The average molecular weight is 554 g/mol. The van der Waals surface area contributed by atoms with Crippen LogP contribution < -0.4 is 16.2 Å². The third-order valence-corrected chi connectivity index (χ3v) is 7.02. The number of fused-ring (bicyclic) bond motifs is 2. The third kappa shape index (κ3) is 5.68. The Bertz CT molecular complexity index is 1560. The Kier molecular flexibility index (Phi) is 8.09. The van der Waals surface area contributed by atoms with Gasteiger partial charge in [0.25, 0.3) is 5.56 Å². The molecule has 4 atom stereocenters. The van der Waals surface area contributed by atoms with E-state index in [9.17, 15) is 29.7 Å². The van der Waals surface area contributed by atoms with Gasteiger partial charge in [-0.3, -0.25) is 19.0 Å². The summed E-state index contributed by atoms with van der Waals surface area (Å²) in [5.41, 5.74) is 0.494. The molecule has 2 amide bonds. The van der Waals surface area contributed by atoms with Crippen molar-refractivity contribution in [3.05, 3.63) is 47.4 Å². The van der Waals surface area contributed by atoms with Gasteiger partial charge in [0.05, 0.1) is 18.3 Å². The summed E-state index contributed by atoms with van der Waals surface area (Å²) >= 11 is 0. The van der Waals surface area contributed by atoms with Gasteiger partial charge in [-0.05, 0) is 25.0 Å². The van der Waals surface area contributed by atoms with Gasteiger partial charge in [0, 0.05) is 36.4 Å². The average Bonchev–Trinajstić information content (AvgIpc) is 3.62. The number of unbranched alkanes of at least 4 members (excludes halogenated alkanes) is 3. The van der Waals surface area contributed by atoms with Gasteiger partial charge < -0.3 is 40.7 Å². The predicted molar refractivity (Wildman–Crippen MR) is 143 cm³/mol. The summed E-state index contributed by atoms with van der Waals surface area (Å²) in [6.45, 7) is 0.0000441. The lowest BCUT2D eigenvalue weighted by atomic mass is 10.1. The van der Waals surface area contributed by atoms with Crippen molar-refractivity contribution in [2.45, 2.75) is 63.1 Å². The van der Waals surface area contributed by atoms with Crippen LogP contribution in [0.1, 0.15) is 44.8 Å². The second-order valence-corrected chi connectivity index (χ2v) is 9.77. The minimum Gasteiger partial charge on any atom is -0.494 e. The van der Waals surface area contributed by atoms with Gasteiger partial charge in [-0.25, -0.2) is 9.97 Å². The van der Waals surface area contributed by atoms with Gasteiger partial charge >= 0.3 is 0 Å². The van der Waals surface area contributed by atoms with E-state index < -0.39 is 30.1 Å². The van der Waals surface area contributed by atoms with Crippen LogP contribution in [-0.4, -0.2) is 76.5 Å². The number of aromatic amines is 2. The number of nitrogens with one attached hydrogen (secondary N) is 4. The molecular formula is C26H31N7O7. The molecule has 3 aromatic heterocycles. The number of anilines is 1. The lowest BCUT2D eigenvalue weighted by Crippen LogP contribution is -2.39. The fourth-order valence-corrected chi connectivity index (χ4v) is 4.87. The van der Waals surface area contributed by atoms with Crippen LogP contribution >= 0.6 is 0 Å². The number of carbonyl (C=O) groups is 2. The van der Waals surface area contributed by atoms with E-state index in [-0.39, 0.29) is 41.8 Å². The van der Waals surface area contributed by atoms with E-state index in [2.05, 4.69) is 30.6 Å². The molecular weight excluding hydrogens is 522 g/mol. The van der Waals surface area contributed by atoms with Gasteiger partial charge in [-0.1, -0.05) is 18.9 Å². The molecule has 5 rings (SSSR count). The van der Waals surface area contributed by atoms with E-state index in [4.69, 9.17) is 4.74 Å². The molecule has 4 aromatic rings. The van der Waals surface area contributed by atoms with Gasteiger partial charge in [-0.15, -0.1) is 0 Å². The maximum atomic E-state index is 12.3. The smallest absolute Gasteiger partial charge is 0.278 e. The second kappa shape index (κ2) is 11.9. The number of imidazole rings is 1. The summed E-state index contributed by atoms with van der Waals surface area (Å²) in [7, 11) is 0. The Morgan fingerprint density at radius 3 is 2.58 bits per heavy atom. The van der Waals surface area contributed by atoms with Crippen LogP contribution in [0.25, 0.3) is 21.9 Å². The number of amides is 2. The van der Waals surface area contributed by atoms with E-state index in [1.54, 1.807) is 24.4 Å². The Labute approximate surface area is 227 Å². The number of hydrogen-bond acceptors (Lipinski definition) is 9. The summed E-state index contributed by atoms with van der Waals surface area (Å²) in [6, 6.07) is 5.31. The zero-order valence-corrected chi connectivity index (χ0v) is 21.5. The fraction of sp³-hybridized carbons (Fsp3) is 0.423. The number of ether oxygens (including phenoxy) is 1. The topological polar surface area (TPSA) is 207 Å². The highest BCUT2D eigenvalue weighted by atomic mass is 16.6. The Hall–Kier alpha value is -4.27. The number of hydrogen-bond donors (Lipinski definition) is 7. The van der Waals surface area contributed by atoms with Crippen LogP contribution in [0.3, 0.4) is 0 Å². The first-order valence-corrected chi connectivity index (χ1v) is 13.1. The first-order chi connectivity index (χ1) is 19.3. The SMILES string of the molecule is O=C(CCCCCCC(=O)Nc1cccc2c(O)[nH]cc12)NCC1OC(n2cnc3c(=O)[nH]cnc32)C(O)C1O. The molecule has 7 N–H and O–H groups in total. The van der Waals surface area contributed by atoms with Crippen LogP contribution in [0, 0.1) is 0 Å². The first kappa shape index (κ1) is 27.3. The summed E-state index contributed by atoms with van der Waals surface area (Å²) in [5, 5.41) is 37.7. The summed E-state index contributed by atoms with van der Waals surface area (Å²) in [4.78, 5) is 49.7. The standard InChI is InChI=1S/C26H31N7O7/c34-18(8-3-1-2-4-9-19(35)32-16-7-5-6-14-15(16)10-28-24(14)38)27-11-17-21(36)22(37)26(40-17)33-13-31-20-23(33)29-12-30-25(20)39/h5-7,10,12-13,17,21-22,26,28,36-38H,1-4,8-9,11H2,(H,27,34)(H,32,35)(H,29,30,39). The number of nitrogens with zero attached hydrogens (tertiary/aromatic N) is 3. The number of aromatic hydroxyl groups is 1. The zero-order valence-electron chi connectivity index (χ0n) is 21.5. The van der Waals surface area contributed by atoms with E-state index in [0.29, 0.717) is 30.3 Å². The zero-order chi connectivity index (χ0) is 28.2. The van der Waals surface area contributed by atoms with Crippen molar-refractivity contribution in [3.8, 4) is 5.88 Å². The minimum atomic E-state index is -1.30. The van der Waals surface area contributed by atoms with Crippen LogP contribution in [0.2, 0.25) is 0 Å². The summed E-state index contributed by atoms with van der Waals surface area (Å²) < 4.78 is 7.16. The molecule has 0 bridgehead atoms. The fourth-order valence-electron chi connectivity index (χ4n) is 4.87. The largest absolute Gasteiger partial charge is 0.494 e. The Morgan fingerprint density at radius 1 is 1.00 bits per heavy atom. The number of aliphatic hydroxyl groups excluding tert-OH is 2. The molecule has 1 fully saturated rings. The minimum absolute atomic E-state index is 0.0000441. The highest BCUT2D eigenvalue weighted by Gasteiger charge is 2.44. The first-order valence-electron chi connectivity index (χ1n) is 13.1. The number of rotatable bonds is 11. The summed E-state index contributed by atoms with van der Waals surface area (Å²) in [5.74, 6) is -0.271. The predicted octanol–water partition coefficient (Wildman–Crippen LogP) is 1.02. The van der Waals surface area contributed by atoms with Crippen LogP contribution in [0.4, 0.5) is 5.69 Å². The lowest BCUT2D eigenvalue weighted by molar-refractivity contribution is -0.122. The monoisotopic (exact) mass is 553 g/mol. The van der Waals surface area contributed by atoms with Crippen molar-refractivity contribution in [1.29, 1.82) is 0 Å². The molecule has 0 aliphatic carbocycles. The van der Waals surface area contributed by atoms with Gasteiger partial charge in [0.15, 0.2) is 23.3 Å². The molecule has 14 nitrogen and oxygen atoms in total. The molecule has 4 unspecified atom stereocenters. The lowest BCUT2D eigenvalue weighted by Gasteiger charge is -2.16. The van der Waals surface area contributed by atoms with Crippen molar-refractivity contribution in [2.75, 3.05) is 11.9 Å². The van der Waals surface area contributed by atoms with Crippen molar-refractivity contribution in [2.24, 2.45) is 0 Å². The van der Waals surface area contributed by atoms with Gasteiger partial charge in [-0.2, -0.15) is 0 Å². The Morgan fingerprint density at radius 2 is 1.77 bits per heavy atom. The quantitative estimate of drug-likeness (QED) is 0.132. The van der Waals surface area contributed by atoms with Gasteiger partial charge in [0.1, 0.15) is 18.3 Å². The highest BCUT2D eigenvalue weighted by molar-refractivity contribution is 6.03. The molecule has 40 heavy (non-hydrogen) atoms. The number of aromatic nitrogens is 5. The maximum Gasteiger partial charge on any atom is 0.278 e. The molecule has 0 spiro atoms. The van der Waals surface area contributed by atoms with Crippen molar-refractivity contribution in [1.82, 2.24) is 29.8 Å². The second-order valence-electron chi connectivity index (χ2n) is 9.77. The Balaban J connectivity index is 0.995. The van der Waals surface area contributed by atoms with E-state index >= 15 is 0 Å². The van der Waals surface area contributed by atoms with E-state index in [0.717, 1.165) is 18.2 Å². The van der Waals surface area contributed by atoms with Crippen LogP contribution in [-0.2, 0) is 14.3 Å². The highest BCUT2D eigenvalue weighted by Crippen LogP contribution is 2.31.